The molecule has 1 aliphatic rings. The van der Waals surface area contributed by atoms with Gasteiger partial charge in [0.25, 0.3) is 0 Å². The predicted octanol–water partition coefficient (Wildman–Crippen LogP) is 1.15. The van der Waals surface area contributed by atoms with Crippen molar-refractivity contribution in [2.75, 3.05) is 13.1 Å². The van der Waals surface area contributed by atoms with Crippen LogP contribution in [0, 0.1) is 11.3 Å². The zero-order chi connectivity index (χ0) is 10.6. The summed E-state index contributed by atoms with van der Waals surface area (Å²) < 4.78 is 0. The summed E-state index contributed by atoms with van der Waals surface area (Å²) in [5, 5.41) is 14.9. The van der Waals surface area contributed by atoms with Crippen molar-refractivity contribution in [3.63, 3.8) is 0 Å². The van der Waals surface area contributed by atoms with E-state index in [-0.39, 0.29) is 5.41 Å². The van der Waals surface area contributed by atoms with E-state index in [0.717, 1.165) is 13.1 Å². The average Bonchev–Trinajstić information content (AvgIpc) is 2.84. The van der Waals surface area contributed by atoms with E-state index in [4.69, 9.17) is 10.9 Å². The summed E-state index contributed by atoms with van der Waals surface area (Å²) in [6.07, 6.45) is 3.09. The summed E-state index contributed by atoms with van der Waals surface area (Å²) in [6, 6.07) is 0. The van der Waals surface area contributed by atoms with Gasteiger partial charge >= 0.3 is 0 Å². The van der Waals surface area contributed by atoms with Crippen molar-refractivity contribution < 1.29 is 5.21 Å². The lowest BCUT2D eigenvalue weighted by atomic mass is 10.0. The third-order valence-corrected chi connectivity index (χ3v) is 2.69. The summed E-state index contributed by atoms with van der Waals surface area (Å²) in [4.78, 5) is 0. The summed E-state index contributed by atoms with van der Waals surface area (Å²) in [6.45, 7) is 6.41. The lowest BCUT2D eigenvalue weighted by molar-refractivity contribution is 0.314. The highest BCUT2D eigenvalue weighted by atomic mass is 16.4. The van der Waals surface area contributed by atoms with Gasteiger partial charge in [-0.15, -0.1) is 0 Å². The zero-order valence-corrected chi connectivity index (χ0v) is 9.08. The quantitative estimate of drug-likeness (QED) is 0.260. The van der Waals surface area contributed by atoms with Gasteiger partial charge in [-0.25, -0.2) is 0 Å². The molecule has 0 aromatic carbocycles. The van der Waals surface area contributed by atoms with Crippen molar-refractivity contribution in [2.45, 2.75) is 33.1 Å². The molecule has 0 spiro atoms. The van der Waals surface area contributed by atoms with Crippen LogP contribution in [0.15, 0.2) is 5.16 Å². The molecule has 0 saturated heterocycles. The average molecular weight is 199 g/mol. The Hall–Kier alpha value is -0.770. The first-order valence-electron chi connectivity index (χ1n) is 5.25. The van der Waals surface area contributed by atoms with Crippen molar-refractivity contribution >= 4 is 5.84 Å². The van der Waals surface area contributed by atoms with E-state index < -0.39 is 0 Å². The molecule has 0 bridgehead atoms. The maximum Gasteiger partial charge on any atom is 0.139 e. The minimum absolute atomic E-state index is 0.283. The zero-order valence-electron chi connectivity index (χ0n) is 9.08. The van der Waals surface area contributed by atoms with Crippen LogP contribution >= 0.6 is 0 Å². The van der Waals surface area contributed by atoms with E-state index in [2.05, 4.69) is 24.3 Å². The molecule has 0 unspecified atom stereocenters. The molecule has 1 aliphatic carbocycles. The minimum atomic E-state index is 0.283. The first-order valence-corrected chi connectivity index (χ1v) is 5.25. The standard InChI is InChI=1S/C10H21N3O/c1-8(2)6-12-7-10(3-4-10)5-9(11)13-14/h8,12,14H,3-7H2,1-2H3,(H2,11,13). The van der Waals surface area contributed by atoms with Crippen LogP contribution < -0.4 is 11.1 Å². The molecule has 1 rings (SSSR count). The van der Waals surface area contributed by atoms with E-state index in [1.165, 1.54) is 12.8 Å². The molecule has 1 fully saturated rings. The number of hydrogen-bond donors (Lipinski definition) is 3. The largest absolute Gasteiger partial charge is 0.409 e. The molecular formula is C10H21N3O. The Morgan fingerprint density at radius 1 is 1.57 bits per heavy atom. The highest BCUT2D eigenvalue weighted by Gasteiger charge is 2.42. The van der Waals surface area contributed by atoms with E-state index >= 15 is 0 Å². The van der Waals surface area contributed by atoms with Gasteiger partial charge in [0.1, 0.15) is 5.84 Å². The molecule has 0 amide bonds. The highest BCUT2D eigenvalue weighted by molar-refractivity contribution is 5.80. The fraction of sp³-hybridized carbons (Fsp3) is 0.900. The molecule has 0 aromatic rings. The number of nitrogens with zero attached hydrogens (tertiary/aromatic N) is 1. The minimum Gasteiger partial charge on any atom is -0.409 e. The van der Waals surface area contributed by atoms with Gasteiger partial charge in [-0.2, -0.15) is 0 Å². The lowest BCUT2D eigenvalue weighted by Crippen LogP contribution is -2.30. The van der Waals surface area contributed by atoms with E-state index in [1.807, 2.05) is 0 Å². The molecule has 14 heavy (non-hydrogen) atoms. The molecule has 1 saturated carbocycles. The number of amidine groups is 1. The number of hydrogen-bond acceptors (Lipinski definition) is 3. The smallest absolute Gasteiger partial charge is 0.139 e. The second kappa shape index (κ2) is 4.64. The molecular weight excluding hydrogens is 178 g/mol. The second-order valence-electron chi connectivity index (χ2n) is 4.79. The van der Waals surface area contributed by atoms with Gasteiger partial charge in [0.2, 0.25) is 0 Å². The highest BCUT2D eigenvalue weighted by Crippen LogP contribution is 2.48. The summed E-state index contributed by atoms with van der Waals surface area (Å²) in [7, 11) is 0. The van der Waals surface area contributed by atoms with Crippen LogP contribution in [0.3, 0.4) is 0 Å². The van der Waals surface area contributed by atoms with Gasteiger partial charge < -0.3 is 16.3 Å². The third-order valence-electron chi connectivity index (χ3n) is 2.69. The number of oxime groups is 1. The van der Waals surface area contributed by atoms with Crippen LogP contribution in [0.2, 0.25) is 0 Å². The Bertz CT molecular complexity index is 209. The van der Waals surface area contributed by atoms with Gasteiger partial charge in [-0.3, -0.25) is 0 Å². The fourth-order valence-electron chi connectivity index (χ4n) is 1.64. The molecule has 0 heterocycles. The molecule has 0 atom stereocenters. The summed E-state index contributed by atoms with van der Waals surface area (Å²) in [5.74, 6) is 1.03. The normalized spacial score (nSPS) is 20.1. The Morgan fingerprint density at radius 2 is 2.21 bits per heavy atom. The van der Waals surface area contributed by atoms with Crippen molar-refractivity contribution in [1.29, 1.82) is 0 Å². The number of nitrogens with two attached hydrogens (primary N) is 1. The summed E-state index contributed by atoms with van der Waals surface area (Å²) in [5.41, 5.74) is 5.79. The summed E-state index contributed by atoms with van der Waals surface area (Å²) >= 11 is 0. The lowest BCUT2D eigenvalue weighted by Gasteiger charge is -2.16. The maximum atomic E-state index is 8.48. The maximum absolute atomic E-state index is 8.48. The van der Waals surface area contributed by atoms with E-state index in [1.54, 1.807) is 0 Å². The number of rotatable bonds is 6. The molecule has 0 radical (unpaired) electrons. The first kappa shape index (κ1) is 11.3. The van der Waals surface area contributed by atoms with Gasteiger partial charge in [-0.1, -0.05) is 19.0 Å². The van der Waals surface area contributed by atoms with Crippen molar-refractivity contribution in [1.82, 2.24) is 5.32 Å². The van der Waals surface area contributed by atoms with Gasteiger partial charge in [0.15, 0.2) is 0 Å². The molecule has 4 N–H and O–H groups in total. The van der Waals surface area contributed by atoms with Crippen LogP contribution in [0.25, 0.3) is 0 Å². The van der Waals surface area contributed by atoms with Gasteiger partial charge in [0.05, 0.1) is 0 Å². The molecule has 4 nitrogen and oxygen atoms in total. The van der Waals surface area contributed by atoms with Crippen molar-refractivity contribution in [3.8, 4) is 0 Å². The monoisotopic (exact) mass is 199 g/mol. The van der Waals surface area contributed by atoms with Crippen LogP contribution in [-0.4, -0.2) is 24.1 Å². The van der Waals surface area contributed by atoms with Crippen LogP contribution in [0.4, 0.5) is 0 Å². The Labute approximate surface area is 85.6 Å². The van der Waals surface area contributed by atoms with Crippen LogP contribution in [-0.2, 0) is 0 Å². The van der Waals surface area contributed by atoms with Crippen molar-refractivity contribution in [2.24, 2.45) is 22.2 Å². The van der Waals surface area contributed by atoms with Crippen LogP contribution in [0.5, 0.6) is 0 Å². The van der Waals surface area contributed by atoms with E-state index in [9.17, 15) is 0 Å². The number of nitrogens with one attached hydrogen (secondary N) is 1. The Kier molecular flexibility index (Phi) is 3.75. The second-order valence-corrected chi connectivity index (χ2v) is 4.79. The van der Waals surface area contributed by atoms with Crippen LogP contribution in [0.1, 0.15) is 33.1 Å². The molecule has 82 valence electrons. The molecule has 0 aromatic heterocycles. The Balaban J connectivity index is 2.22. The SMILES string of the molecule is CC(C)CNCC1(CC(N)=NO)CC1. The predicted molar refractivity (Wildman–Crippen MR) is 57.4 cm³/mol. The third kappa shape index (κ3) is 3.54. The molecule has 0 aliphatic heterocycles. The van der Waals surface area contributed by atoms with E-state index in [0.29, 0.717) is 18.2 Å². The topological polar surface area (TPSA) is 70.6 Å². The van der Waals surface area contributed by atoms with Gasteiger partial charge in [-0.05, 0) is 30.7 Å². The van der Waals surface area contributed by atoms with Gasteiger partial charge in [0, 0.05) is 13.0 Å². The van der Waals surface area contributed by atoms with Crippen molar-refractivity contribution in [3.05, 3.63) is 0 Å². The molecule has 4 heteroatoms. The first-order chi connectivity index (χ1) is 6.58. The Morgan fingerprint density at radius 3 is 2.64 bits per heavy atom. The fourth-order valence-corrected chi connectivity index (χ4v) is 1.64.